The Hall–Kier alpha value is -1.71. The molecule has 0 aromatic heterocycles. The number of ketones is 1. The van der Waals surface area contributed by atoms with Gasteiger partial charge in [-0.3, -0.25) is 9.59 Å². The van der Waals surface area contributed by atoms with Crippen molar-refractivity contribution in [3.63, 3.8) is 0 Å². The number of rotatable bonds is 2. The lowest BCUT2D eigenvalue weighted by Gasteiger charge is -2.06. The third-order valence-corrected chi connectivity index (χ3v) is 2.66. The molecule has 1 aliphatic rings. The fraction of sp³-hybridized carbons (Fsp3) is 0.333. The molecule has 0 saturated heterocycles. The van der Waals surface area contributed by atoms with Crippen molar-refractivity contribution in [3.8, 4) is 0 Å². The maximum absolute atomic E-state index is 13.4. The molecule has 3 nitrogen and oxygen atoms in total. The largest absolute Gasteiger partial charge is 0.465 e. The van der Waals surface area contributed by atoms with Crippen LogP contribution in [0.5, 0.6) is 0 Å². The van der Waals surface area contributed by atoms with Crippen LogP contribution in [-0.4, -0.2) is 18.4 Å². The third kappa shape index (κ3) is 1.60. The first-order valence-corrected chi connectivity index (χ1v) is 5.13. The maximum Gasteiger partial charge on any atom is 0.317 e. The van der Waals surface area contributed by atoms with Gasteiger partial charge in [0.1, 0.15) is 11.7 Å². The quantitative estimate of drug-likeness (QED) is 0.565. The molecule has 0 amide bonds. The second-order valence-corrected chi connectivity index (χ2v) is 3.65. The minimum absolute atomic E-state index is 0.0422. The van der Waals surface area contributed by atoms with Gasteiger partial charge in [0, 0.05) is 0 Å². The van der Waals surface area contributed by atoms with Gasteiger partial charge in [-0.15, -0.1) is 0 Å². The minimum Gasteiger partial charge on any atom is -0.465 e. The first-order chi connectivity index (χ1) is 7.65. The molecule has 1 unspecified atom stereocenters. The molecule has 0 bridgehead atoms. The lowest BCUT2D eigenvalue weighted by molar-refractivity contribution is -0.145. The molecule has 0 heterocycles. The average molecular weight is 222 g/mol. The van der Waals surface area contributed by atoms with Gasteiger partial charge in [0.2, 0.25) is 0 Å². The van der Waals surface area contributed by atoms with Gasteiger partial charge in [0.25, 0.3) is 0 Å². The monoisotopic (exact) mass is 222 g/mol. The standard InChI is InChI=1S/C12H11FO3/c1-2-16-12(15)8-6-7-4-3-5-9(13)10(7)11(8)14/h3-5,8H,2,6H2,1H3. The van der Waals surface area contributed by atoms with E-state index >= 15 is 0 Å². The first kappa shape index (κ1) is 10.8. The summed E-state index contributed by atoms with van der Waals surface area (Å²) in [7, 11) is 0. The molecule has 1 aromatic rings. The van der Waals surface area contributed by atoms with E-state index in [2.05, 4.69) is 0 Å². The van der Waals surface area contributed by atoms with Crippen molar-refractivity contribution in [2.75, 3.05) is 6.61 Å². The molecule has 4 heteroatoms. The number of Topliss-reactive ketones (excluding diaryl/α,β-unsaturated/α-hetero) is 1. The summed E-state index contributed by atoms with van der Waals surface area (Å²) in [5, 5.41) is 0. The number of carbonyl (C=O) groups excluding carboxylic acids is 2. The van der Waals surface area contributed by atoms with Gasteiger partial charge in [0.15, 0.2) is 5.78 Å². The Balaban J connectivity index is 2.31. The predicted octanol–water partition coefficient (Wildman–Crippen LogP) is 1.74. The third-order valence-electron chi connectivity index (χ3n) is 2.66. The highest BCUT2D eigenvalue weighted by Crippen LogP contribution is 2.29. The zero-order valence-electron chi connectivity index (χ0n) is 8.83. The SMILES string of the molecule is CCOC(=O)C1Cc2cccc(F)c2C1=O. The fourth-order valence-corrected chi connectivity index (χ4v) is 1.93. The van der Waals surface area contributed by atoms with Gasteiger partial charge >= 0.3 is 5.97 Å². The van der Waals surface area contributed by atoms with Crippen molar-refractivity contribution in [2.24, 2.45) is 5.92 Å². The number of halogens is 1. The summed E-state index contributed by atoms with van der Waals surface area (Å²) in [6.07, 6.45) is 0.241. The van der Waals surface area contributed by atoms with Gasteiger partial charge in [0.05, 0.1) is 12.2 Å². The van der Waals surface area contributed by atoms with E-state index in [4.69, 9.17) is 4.74 Å². The molecule has 0 aliphatic heterocycles. The molecule has 1 atom stereocenters. The van der Waals surface area contributed by atoms with Gasteiger partial charge < -0.3 is 4.74 Å². The van der Waals surface area contributed by atoms with E-state index in [1.165, 1.54) is 12.1 Å². The molecule has 2 rings (SSSR count). The predicted molar refractivity (Wildman–Crippen MR) is 54.6 cm³/mol. The lowest BCUT2D eigenvalue weighted by Crippen LogP contribution is -2.23. The highest BCUT2D eigenvalue weighted by Gasteiger charge is 2.38. The Morgan fingerprint density at radius 2 is 2.31 bits per heavy atom. The van der Waals surface area contributed by atoms with Crippen LogP contribution in [0.2, 0.25) is 0 Å². The van der Waals surface area contributed by atoms with Crippen molar-refractivity contribution >= 4 is 11.8 Å². The minimum atomic E-state index is -0.869. The highest BCUT2D eigenvalue weighted by atomic mass is 19.1. The van der Waals surface area contributed by atoms with Crippen LogP contribution < -0.4 is 0 Å². The zero-order valence-corrected chi connectivity index (χ0v) is 8.83. The number of ether oxygens (including phenoxy) is 1. The molecular weight excluding hydrogens is 211 g/mol. The second kappa shape index (κ2) is 4.04. The molecule has 0 spiro atoms. The average Bonchev–Trinajstić information content (AvgIpc) is 2.58. The van der Waals surface area contributed by atoms with E-state index in [1.54, 1.807) is 13.0 Å². The Bertz CT molecular complexity index is 454. The number of hydrogen-bond donors (Lipinski definition) is 0. The normalized spacial score (nSPS) is 18.4. The number of esters is 1. The van der Waals surface area contributed by atoms with Crippen molar-refractivity contribution in [2.45, 2.75) is 13.3 Å². The molecule has 84 valence electrons. The van der Waals surface area contributed by atoms with Crippen molar-refractivity contribution in [3.05, 3.63) is 35.1 Å². The zero-order chi connectivity index (χ0) is 11.7. The van der Waals surface area contributed by atoms with E-state index in [0.717, 1.165) is 0 Å². The summed E-state index contributed by atoms with van der Waals surface area (Å²) in [5.74, 6) is -2.46. The lowest BCUT2D eigenvalue weighted by atomic mass is 10.1. The summed E-state index contributed by atoms with van der Waals surface area (Å²) in [4.78, 5) is 23.3. The summed E-state index contributed by atoms with van der Waals surface area (Å²) < 4.78 is 18.2. The Labute approximate surface area is 92.2 Å². The molecule has 1 aromatic carbocycles. The van der Waals surface area contributed by atoms with Gasteiger partial charge in [-0.05, 0) is 25.0 Å². The second-order valence-electron chi connectivity index (χ2n) is 3.65. The summed E-state index contributed by atoms with van der Waals surface area (Å²) >= 11 is 0. The van der Waals surface area contributed by atoms with Gasteiger partial charge in [-0.1, -0.05) is 12.1 Å². The van der Waals surface area contributed by atoms with E-state index in [9.17, 15) is 14.0 Å². The van der Waals surface area contributed by atoms with Crippen LogP contribution in [0.3, 0.4) is 0 Å². The first-order valence-electron chi connectivity index (χ1n) is 5.13. The maximum atomic E-state index is 13.4. The van der Waals surface area contributed by atoms with Crippen LogP contribution in [0.1, 0.15) is 22.8 Å². The van der Waals surface area contributed by atoms with E-state index in [-0.39, 0.29) is 18.6 Å². The molecular formula is C12H11FO3. The molecule has 0 radical (unpaired) electrons. The Morgan fingerprint density at radius 3 is 2.94 bits per heavy atom. The van der Waals surface area contributed by atoms with Crippen molar-refractivity contribution in [1.29, 1.82) is 0 Å². The Morgan fingerprint density at radius 1 is 1.56 bits per heavy atom. The summed E-state index contributed by atoms with van der Waals surface area (Å²) in [6.45, 7) is 1.90. The van der Waals surface area contributed by atoms with Crippen molar-refractivity contribution < 1.29 is 18.7 Å². The molecule has 16 heavy (non-hydrogen) atoms. The van der Waals surface area contributed by atoms with Crippen LogP contribution in [0.15, 0.2) is 18.2 Å². The summed E-state index contributed by atoms with van der Waals surface area (Å²) in [5.41, 5.74) is 0.628. The number of carbonyl (C=O) groups is 2. The van der Waals surface area contributed by atoms with Crippen LogP contribution in [0.4, 0.5) is 4.39 Å². The van der Waals surface area contributed by atoms with Crippen LogP contribution in [0.25, 0.3) is 0 Å². The number of benzene rings is 1. The van der Waals surface area contributed by atoms with E-state index < -0.39 is 23.5 Å². The molecule has 0 fully saturated rings. The van der Waals surface area contributed by atoms with Crippen molar-refractivity contribution in [1.82, 2.24) is 0 Å². The van der Waals surface area contributed by atoms with E-state index in [1.807, 2.05) is 0 Å². The van der Waals surface area contributed by atoms with Crippen LogP contribution >= 0.6 is 0 Å². The molecule has 0 N–H and O–H groups in total. The highest BCUT2D eigenvalue weighted by molar-refractivity contribution is 6.12. The van der Waals surface area contributed by atoms with Gasteiger partial charge in [-0.25, -0.2) is 4.39 Å². The molecule has 1 aliphatic carbocycles. The van der Waals surface area contributed by atoms with Crippen LogP contribution in [-0.2, 0) is 16.0 Å². The smallest absolute Gasteiger partial charge is 0.317 e. The van der Waals surface area contributed by atoms with E-state index in [0.29, 0.717) is 5.56 Å². The van der Waals surface area contributed by atoms with Gasteiger partial charge in [-0.2, -0.15) is 0 Å². The van der Waals surface area contributed by atoms with Crippen LogP contribution in [0, 0.1) is 11.7 Å². The fourth-order valence-electron chi connectivity index (χ4n) is 1.93. The topological polar surface area (TPSA) is 43.4 Å². The Kier molecular flexibility index (Phi) is 2.73. The number of hydrogen-bond acceptors (Lipinski definition) is 3. The number of fused-ring (bicyclic) bond motifs is 1. The molecule has 0 saturated carbocycles. The summed E-state index contributed by atoms with van der Waals surface area (Å²) in [6, 6.07) is 4.43.